The second-order valence-corrected chi connectivity index (χ2v) is 7.32. The van der Waals surface area contributed by atoms with Crippen molar-refractivity contribution in [2.75, 3.05) is 12.4 Å². The van der Waals surface area contributed by atoms with Crippen molar-refractivity contribution in [2.24, 2.45) is 0 Å². The van der Waals surface area contributed by atoms with Gasteiger partial charge in [-0.2, -0.15) is 0 Å². The van der Waals surface area contributed by atoms with Crippen molar-refractivity contribution in [1.29, 1.82) is 0 Å². The van der Waals surface area contributed by atoms with Crippen molar-refractivity contribution >= 4 is 28.5 Å². The number of hydrogen-bond acceptors (Lipinski definition) is 5. The Labute approximate surface area is 176 Å². The van der Waals surface area contributed by atoms with E-state index in [1.807, 2.05) is 30.3 Å². The van der Waals surface area contributed by atoms with Gasteiger partial charge in [0.2, 0.25) is 0 Å². The Morgan fingerprint density at radius 3 is 2.63 bits per heavy atom. The number of furan rings is 1. The molecular formula is C24H27NO5. The van der Waals surface area contributed by atoms with Gasteiger partial charge in [-0.25, -0.2) is 0 Å². The second-order valence-electron chi connectivity index (χ2n) is 7.32. The van der Waals surface area contributed by atoms with Crippen LogP contribution in [0.3, 0.4) is 0 Å². The molecule has 0 spiro atoms. The maximum atomic E-state index is 12.6. The number of rotatable bonds is 8. The number of methoxy groups -OCH3 is 1. The molecule has 3 aromatic rings. The van der Waals surface area contributed by atoms with Crippen LogP contribution in [0.15, 0.2) is 53.1 Å². The van der Waals surface area contributed by atoms with E-state index in [1.54, 1.807) is 26.2 Å². The van der Waals surface area contributed by atoms with Gasteiger partial charge in [-0.05, 0) is 43.0 Å². The van der Waals surface area contributed by atoms with E-state index >= 15 is 0 Å². The van der Waals surface area contributed by atoms with E-state index in [-0.39, 0.29) is 12.3 Å². The van der Waals surface area contributed by atoms with Crippen molar-refractivity contribution in [3.8, 4) is 5.75 Å². The summed E-state index contributed by atoms with van der Waals surface area (Å²) >= 11 is 0. The number of ether oxygens (including phenoxy) is 2. The summed E-state index contributed by atoms with van der Waals surface area (Å²) in [7, 11) is 1.58. The van der Waals surface area contributed by atoms with Crippen LogP contribution in [0.5, 0.6) is 5.75 Å². The first-order valence-corrected chi connectivity index (χ1v) is 10.1. The molecule has 1 amide bonds. The molecule has 0 fully saturated rings. The fourth-order valence-electron chi connectivity index (χ4n) is 3.27. The average Bonchev–Trinajstić information content (AvgIpc) is 3.15. The molecule has 0 aliphatic carbocycles. The molecule has 1 heterocycles. The Hall–Kier alpha value is -3.28. The maximum Gasteiger partial charge on any atom is 0.311 e. The summed E-state index contributed by atoms with van der Waals surface area (Å²) in [5.74, 6) is 0.133. The number of hydrogen-bond donors (Lipinski definition) is 1. The summed E-state index contributed by atoms with van der Waals surface area (Å²) < 4.78 is 16.0. The fourth-order valence-corrected chi connectivity index (χ4v) is 3.27. The van der Waals surface area contributed by atoms with Crippen molar-refractivity contribution in [3.63, 3.8) is 0 Å². The standard InChI is InChI=1S/C24H27NO5/c1-5-15(2)19-8-6-7-9-21(19)25-24(27)16(3)30-23(26)12-17-14-29-22-13-18(28-4)10-11-20(17)22/h6-11,13-16H,5,12H2,1-4H3,(H,25,27)/t15-,16+/m0/s1. The number of carbonyl (C=O) groups is 2. The molecule has 158 valence electrons. The molecule has 0 bridgehead atoms. The number of nitrogens with one attached hydrogen (secondary N) is 1. The first-order chi connectivity index (χ1) is 14.4. The molecule has 2 aromatic carbocycles. The molecule has 6 heteroatoms. The van der Waals surface area contributed by atoms with Crippen molar-refractivity contribution in [1.82, 2.24) is 0 Å². The van der Waals surface area contributed by atoms with Gasteiger partial charge in [-0.3, -0.25) is 9.59 Å². The molecule has 0 aliphatic heterocycles. The average molecular weight is 409 g/mol. The van der Waals surface area contributed by atoms with Gasteiger partial charge in [0.25, 0.3) is 5.91 Å². The first-order valence-electron chi connectivity index (χ1n) is 10.1. The smallest absolute Gasteiger partial charge is 0.311 e. The van der Waals surface area contributed by atoms with E-state index in [2.05, 4.69) is 19.2 Å². The van der Waals surface area contributed by atoms with Gasteiger partial charge in [0.15, 0.2) is 6.10 Å². The molecule has 3 rings (SSSR count). The SMILES string of the molecule is CC[C@H](C)c1ccccc1NC(=O)[C@@H](C)OC(=O)Cc1coc2cc(OC)ccc12. The van der Waals surface area contributed by atoms with Crippen LogP contribution in [0.2, 0.25) is 0 Å². The highest BCUT2D eigenvalue weighted by atomic mass is 16.5. The fraction of sp³-hybridized carbons (Fsp3) is 0.333. The van der Waals surface area contributed by atoms with Crippen molar-refractivity contribution in [3.05, 3.63) is 59.9 Å². The van der Waals surface area contributed by atoms with Crippen LogP contribution in [0.1, 0.15) is 44.2 Å². The van der Waals surface area contributed by atoms with E-state index in [0.717, 1.165) is 23.1 Å². The molecule has 0 unspecified atom stereocenters. The van der Waals surface area contributed by atoms with Crippen molar-refractivity contribution in [2.45, 2.75) is 45.6 Å². The largest absolute Gasteiger partial charge is 0.497 e. The molecule has 6 nitrogen and oxygen atoms in total. The van der Waals surface area contributed by atoms with Crippen LogP contribution in [-0.2, 0) is 20.7 Å². The third-order valence-corrected chi connectivity index (χ3v) is 5.24. The number of para-hydroxylation sites is 1. The highest BCUT2D eigenvalue weighted by molar-refractivity contribution is 5.96. The lowest BCUT2D eigenvalue weighted by Crippen LogP contribution is -2.30. The maximum absolute atomic E-state index is 12.6. The van der Waals surface area contributed by atoms with Gasteiger partial charge in [-0.1, -0.05) is 32.0 Å². The molecule has 0 saturated carbocycles. The number of fused-ring (bicyclic) bond motifs is 1. The normalized spacial score (nSPS) is 12.9. The number of esters is 1. The zero-order valence-electron chi connectivity index (χ0n) is 17.7. The Morgan fingerprint density at radius 1 is 1.13 bits per heavy atom. The van der Waals surface area contributed by atoms with Gasteiger partial charge in [-0.15, -0.1) is 0 Å². The number of benzene rings is 2. The van der Waals surface area contributed by atoms with Crippen LogP contribution >= 0.6 is 0 Å². The Bertz CT molecular complexity index is 1040. The monoisotopic (exact) mass is 409 g/mol. The summed E-state index contributed by atoms with van der Waals surface area (Å²) in [6.07, 6.45) is 1.58. The van der Waals surface area contributed by atoms with Gasteiger partial charge in [0, 0.05) is 22.7 Å². The van der Waals surface area contributed by atoms with Crippen LogP contribution in [0.4, 0.5) is 5.69 Å². The van der Waals surface area contributed by atoms with Crippen LogP contribution in [0.25, 0.3) is 11.0 Å². The van der Waals surface area contributed by atoms with Gasteiger partial charge in [0.1, 0.15) is 11.3 Å². The zero-order chi connectivity index (χ0) is 21.7. The predicted octanol–water partition coefficient (Wildman–Crippen LogP) is 5.07. The Balaban J connectivity index is 1.63. The third-order valence-electron chi connectivity index (χ3n) is 5.24. The molecule has 1 N–H and O–H groups in total. The topological polar surface area (TPSA) is 77.8 Å². The molecule has 0 aliphatic rings. The highest BCUT2D eigenvalue weighted by Gasteiger charge is 2.21. The van der Waals surface area contributed by atoms with Crippen LogP contribution in [0, 0.1) is 0 Å². The third kappa shape index (κ3) is 4.82. The van der Waals surface area contributed by atoms with Gasteiger partial charge in [0.05, 0.1) is 19.8 Å². The number of anilines is 1. The minimum Gasteiger partial charge on any atom is -0.497 e. The summed E-state index contributed by atoms with van der Waals surface area (Å²) in [6, 6.07) is 13.1. The minimum atomic E-state index is -0.916. The summed E-state index contributed by atoms with van der Waals surface area (Å²) in [5.41, 5.74) is 3.14. The lowest BCUT2D eigenvalue weighted by molar-refractivity contribution is -0.152. The summed E-state index contributed by atoms with van der Waals surface area (Å²) in [4.78, 5) is 25.0. The van der Waals surface area contributed by atoms with E-state index < -0.39 is 12.1 Å². The summed E-state index contributed by atoms with van der Waals surface area (Å²) in [5, 5.41) is 3.70. The van der Waals surface area contributed by atoms with E-state index in [4.69, 9.17) is 13.9 Å². The second kappa shape index (κ2) is 9.48. The Kier molecular flexibility index (Phi) is 6.77. The van der Waals surface area contributed by atoms with E-state index in [0.29, 0.717) is 22.8 Å². The lowest BCUT2D eigenvalue weighted by Gasteiger charge is -2.18. The van der Waals surface area contributed by atoms with E-state index in [1.165, 1.54) is 6.26 Å². The molecule has 30 heavy (non-hydrogen) atoms. The van der Waals surface area contributed by atoms with E-state index in [9.17, 15) is 9.59 Å². The molecular weight excluding hydrogens is 382 g/mol. The molecule has 2 atom stereocenters. The molecule has 1 aromatic heterocycles. The van der Waals surface area contributed by atoms with Crippen molar-refractivity contribution < 1.29 is 23.5 Å². The number of amides is 1. The summed E-state index contributed by atoms with van der Waals surface area (Å²) in [6.45, 7) is 5.78. The lowest BCUT2D eigenvalue weighted by atomic mass is 9.97. The van der Waals surface area contributed by atoms with Crippen LogP contribution in [-0.4, -0.2) is 25.1 Å². The quantitative estimate of drug-likeness (QED) is 0.526. The Morgan fingerprint density at radius 2 is 1.90 bits per heavy atom. The number of carbonyl (C=O) groups excluding carboxylic acids is 2. The van der Waals surface area contributed by atoms with Gasteiger partial charge < -0.3 is 19.2 Å². The first kappa shape index (κ1) is 21.4. The highest BCUT2D eigenvalue weighted by Crippen LogP contribution is 2.27. The minimum absolute atomic E-state index is 0.0143. The predicted molar refractivity (Wildman–Crippen MR) is 116 cm³/mol. The van der Waals surface area contributed by atoms with Gasteiger partial charge >= 0.3 is 5.97 Å². The molecule has 0 saturated heterocycles. The zero-order valence-corrected chi connectivity index (χ0v) is 17.7. The molecule has 0 radical (unpaired) electrons. The van der Waals surface area contributed by atoms with Crippen LogP contribution < -0.4 is 10.1 Å².